The number of thiazole rings is 1. The van der Waals surface area contributed by atoms with Crippen molar-refractivity contribution in [3.63, 3.8) is 0 Å². The van der Waals surface area contributed by atoms with Crippen molar-refractivity contribution >= 4 is 55.8 Å². The van der Waals surface area contributed by atoms with Crippen LogP contribution in [0.4, 0.5) is 5.13 Å². The molecule has 1 amide bonds. The first-order valence-electron chi connectivity index (χ1n) is 6.81. The topological polar surface area (TPSA) is 51.2 Å². The van der Waals surface area contributed by atoms with Gasteiger partial charge in [-0.2, -0.15) is 0 Å². The third-order valence-electron chi connectivity index (χ3n) is 3.09. The van der Waals surface area contributed by atoms with Gasteiger partial charge in [0.15, 0.2) is 11.2 Å². The van der Waals surface area contributed by atoms with Crippen LogP contribution in [0, 0.1) is 0 Å². The number of anilines is 1. The van der Waals surface area contributed by atoms with Gasteiger partial charge in [-0.15, -0.1) is 0 Å². The zero-order valence-corrected chi connectivity index (χ0v) is 14.4. The van der Waals surface area contributed by atoms with Gasteiger partial charge in [0.1, 0.15) is 5.75 Å². The van der Waals surface area contributed by atoms with Gasteiger partial charge < -0.3 is 4.74 Å². The molecule has 1 aromatic heterocycles. The number of hydrogen-bond acceptors (Lipinski definition) is 4. The summed E-state index contributed by atoms with van der Waals surface area (Å²) >= 11 is 13.3. The Balaban J connectivity index is 1.71. The Bertz CT molecular complexity index is 866. The minimum Gasteiger partial charge on any atom is -0.479 e. The first-order valence-corrected chi connectivity index (χ1v) is 8.38. The number of benzene rings is 2. The van der Waals surface area contributed by atoms with E-state index in [0.717, 1.165) is 10.2 Å². The van der Waals surface area contributed by atoms with Gasteiger partial charge in [0.2, 0.25) is 0 Å². The molecule has 118 valence electrons. The first-order chi connectivity index (χ1) is 11.0. The Morgan fingerprint density at radius 1 is 1.26 bits per heavy atom. The number of fused-ring (bicyclic) bond motifs is 1. The molecule has 1 heterocycles. The zero-order valence-electron chi connectivity index (χ0n) is 12.0. The highest BCUT2D eigenvalue weighted by molar-refractivity contribution is 7.22. The maximum atomic E-state index is 12.2. The number of hydrogen-bond donors (Lipinski definition) is 1. The second-order valence-corrected chi connectivity index (χ2v) is 6.69. The van der Waals surface area contributed by atoms with Crippen molar-refractivity contribution in [3.8, 4) is 5.75 Å². The standard InChI is InChI=1S/C16H12Cl2N2O2S/c1-9(22-13-5-3-2-4-11(13)18)15(21)20-16-19-12-7-6-10(17)8-14(12)23-16/h2-9H,1H3,(H,19,20,21). The molecule has 0 fully saturated rings. The van der Waals surface area contributed by atoms with Crippen molar-refractivity contribution in [2.75, 3.05) is 5.32 Å². The van der Waals surface area contributed by atoms with Crippen LogP contribution in [0.25, 0.3) is 10.2 Å². The van der Waals surface area contributed by atoms with Gasteiger partial charge in [0.25, 0.3) is 5.91 Å². The van der Waals surface area contributed by atoms with Crippen LogP contribution in [0.1, 0.15) is 6.92 Å². The van der Waals surface area contributed by atoms with Crippen LogP contribution < -0.4 is 10.1 Å². The Kier molecular flexibility index (Phi) is 4.71. The molecule has 1 atom stereocenters. The van der Waals surface area contributed by atoms with Gasteiger partial charge in [-0.25, -0.2) is 4.98 Å². The maximum absolute atomic E-state index is 12.2. The van der Waals surface area contributed by atoms with Crippen LogP contribution in [0.5, 0.6) is 5.75 Å². The lowest BCUT2D eigenvalue weighted by molar-refractivity contribution is -0.122. The van der Waals surface area contributed by atoms with Crippen LogP contribution in [0.3, 0.4) is 0 Å². The zero-order chi connectivity index (χ0) is 16.4. The molecule has 0 saturated heterocycles. The average Bonchev–Trinajstić information content (AvgIpc) is 2.90. The van der Waals surface area contributed by atoms with E-state index < -0.39 is 6.10 Å². The highest BCUT2D eigenvalue weighted by Gasteiger charge is 2.17. The van der Waals surface area contributed by atoms with Crippen molar-refractivity contribution in [2.24, 2.45) is 0 Å². The summed E-state index contributed by atoms with van der Waals surface area (Å²) in [5.74, 6) is 0.169. The van der Waals surface area contributed by atoms with Crippen LogP contribution in [-0.4, -0.2) is 17.0 Å². The summed E-state index contributed by atoms with van der Waals surface area (Å²) in [6, 6.07) is 12.4. The molecule has 23 heavy (non-hydrogen) atoms. The summed E-state index contributed by atoms with van der Waals surface area (Å²) in [4.78, 5) is 16.6. The molecule has 3 rings (SSSR count). The van der Waals surface area contributed by atoms with Gasteiger partial charge in [-0.1, -0.05) is 46.7 Å². The van der Waals surface area contributed by atoms with Crippen molar-refractivity contribution in [3.05, 3.63) is 52.5 Å². The average molecular weight is 367 g/mol. The van der Waals surface area contributed by atoms with Crippen molar-refractivity contribution in [2.45, 2.75) is 13.0 Å². The number of nitrogens with zero attached hydrogens (tertiary/aromatic N) is 1. The summed E-state index contributed by atoms with van der Waals surface area (Å²) in [6.45, 7) is 1.66. The summed E-state index contributed by atoms with van der Waals surface area (Å²) < 4.78 is 6.49. The van der Waals surface area contributed by atoms with E-state index >= 15 is 0 Å². The van der Waals surface area contributed by atoms with Gasteiger partial charge in [-0.3, -0.25) is 10.1 Å². The molecule has 0 radical (unpaired) electrons. The molecule has 0 aliphatic rings. The predicted molar refractivity (Wildman–Crippen MR) is 94.8 cm³/mol. The molecule has 2 aromatic carbocycles. The second-order valence-electron chi connectivity index (χ2n) is 4.81. The Morgan fingerprint density at radius 3 is 2.83 bits per heavy atom. The van der Waals surface area contributed by atoms with Gasteiger partial charge in [-0.05, 0) is 37.3 Å². The molecule has 3 aromatic rings. The number of carbonyl (C=O) groups excluding carboxylic acids is 1. The van der Waals surface area contributed by atoms with Crippen LogP contribution in [0.15, 0.2) is 42.5 Å². The fourth-order valence-corrected chi connectivity index (χ4v) is 3.27. The van der Waals surface area contributed by atoms with Gasteiger partial charge >= 0.3 is 0 Å². The van der Waals surface area contributed by atoms with E-state index in [1.165, 1.54) is 11.3 Å². The van der Waals surface area contributed by atoms with E-state index in [0.29, 0.717) is 20.9 Å². The molecular weight excluding hydrogens is 355 g/mol. The fraction of sp³-hybridized carbons (Fsp3) is 0.125. The van der Waals surface area contributed by atoms with E-state index in [9.17, 15) is 4.79 Å². The predicted octanol–water partition coefficient (Wildman–Crippen LogP) is 5.01. The lowest BCUT2D eigenvalue weighted by Gasteiger charge is -2.14. The normalized spacial score (nSPS) is 12.1. The molecule has 0 bridgehead atoms. The minimum atomic E-state index is -0.703. The molecule has 4 nitrogen and oxygen atoms in total. The molecule has 1 unspecified atom stereocenters. The molecule has 1 N–H and O–H groups in total. The van der Waals surface area contributed by atoms with E-state index in [4.69, 9.17) is 27.9 Å². The number of carbonyl (C=O) groups is 1. The molecule has 0 aliphatic heterocycles. The van der Waals surface area contributed by atoms with Crippen LogP contribution in [-0.2, 0) is 4.79 Å². The van der Waals surface area contributed by atoms with Gasteiger partial charge in [0.05, 0.1) is 15.2 Å². The van der Waals surface area contributed by atoms with Crippen LogP contribution in [0.2, 0.25) is 10.0 Å². The van der Waals surface area contributed by atoms with E-state index in [1.807, 2.05) is 12.1 Å². The smallest absolute Gasteiger partial charge is 0.266 e. The van der Waals surface area contributed by atoms with E-state index in [-0.39, 0.29) is 5.91 Å². The highest BCUT2D eigenvalue weighted by atomic mass is 35.5. The molecule has 0 saturated carbocycles. The van der Waals surface area contributed by atoms with Crippen molar-refractivity contribution in [1.82, 2.24) is 4.98 Å². The number of aromatic nitrogens is 1. The number of ether oxygens (including phenoxy) is 1. The third-order valence-corrected chi connectivity index (χ3v) is 4.57. The Morgan fingerprint density at radius 2 is 2.04 bits per heavy atom. The van der Waals surface area contributed by atoms with E-state index in [1.54, 1.807) is 37.3 Å². The second kappa shape index (κ2) is 6.74. The summed E-state index contributed by atoms with van der Waals surface area (Å²) in [5, 5.41) is 4.34. The first kappa shape index (κ1) is 16.1. The quantitative estimate of drug-likeness (QED) is 0.705. The monoisotopic (exact) mass is 366 g/mol. The summed E-state index contributed by atoms with van der Waals surface area (Å²) in [6.07, 6.45) is -0.703. The molecular formula is C16H12Cl2N2O2S. The summed E-state index contributed by atoms with van der Waals surface area (Å²) in [5.41, 5.74) is 0.786. The number of rotatable bonds is 4. The molecule has 7 heteroatoms. The molecule has 0 aliphatic carbocycles. The maximum Gasteiger partial charge on any atom is 0.266 e. The highest BCUT2D eigenvalue weighted by Crippen LogP contribution is 2.29. The summed E-state index contributed by atoms with van der Waals surface area (Å²) in [7, 11) is 0. The Labute approximate surface area is 147 Å². The number of para-hydroxylation sites is 1. The van der Waals surface area contributed by atoms with Crippen molar-refractivity contribution < 1.29 is 9.53 Å². The number of halogens is 2. The molecule has 0 spiro atoms. The number of nitrogens with one attached hydrogen (secondary N) is 1. The third kappa shape index (κ3) is 3.75. The Hall–Kier alpha value is -1.82. The SMILES string of the molecule is CC(Oc1ccccc1Cl)C(=O)Nc1nc2ccc(Cl)cc2s1. The van der Waals surface area contributed by atoms with Gasteiger partial charge in [0, 0.05) is 5.02 Å². The fourth-order valence-electron chi connectivity index (χ4n) is 1.94. The largest absolute Gasteiger partial charge is 0.479 e. The number of amides is 1. The lowest BCUT2D eigenvalue weighted by atomic mass is 10.3. The van der Waals surface area contributed by atoms with Crippen LogP contribution >= 0.6 is 34.5 Å². The van der Waals surface area contributed by atoms with Crippen molar-refractivity contribution in [1.29, 1.82) is 0 Å². The minimum absolute atomic E-state index is 0.296. The van der Waals surface area contributed by atoms with E-state index in [2.05, 4.69) is 10.3 Å². The lowest BCUT2D eigenvalue weighted by Crippen LogP contribution is -2.30.